The van der Waals surface area contributed by atoms with E-state index in [9.17, 15) is 22.0 Å². The van der Waals surface area contributed by atoms with E-state index in [2.05, 4.69) is 0 Å². The van der Waals surface area contributed by atoms with Gasteiger partial charge in [0.1, 0.15) is 11.6 Å². The lowest BCUT2D eigenvalue weighted by Crippen LogP contribution is -2.34. The molecule has 0 aliphatic carbocycles. The average Bonchev–Trinajstić information content (AvgIpc) is 3.18. The highest BCUT2D eigenvalue weighted by atomic mass is 32.2. The minimum Gasteiger partial charge on any atom is -0.327 e. The summed E-state index contributed by atoms with van der Waals surface area (Å²) in [6, 6.07) is 18.2. The van der Waals surface area contributed by atoms with Crippen molar-refractivity contribution in [1.82, 2.24) is 4.90 Å². The number of hydrogen-bond acceptors (Lipinski definition) is 3. The maximum absolute atomic E-state index is 13.8. The second-order valence-corrected chi connectivity index (χ2v) is 10.3. The van der Waals surface area contributed by atoms with Crippen LogP contribution in [0.1, 0.15) is 47.3 Å². The Bertz CT molecular complexity index is 1260. The summed E-state index contributed by atoms with van der Waals surface area (Å²) in [5.74, 6) is -0.925. The van der Waals surface area contributed by atoms with Crippen LogP contribution >= 0.6 is 0 Å². The van der Waals surface area contributed by atoms with Crippen LogP contribution in [-0.4, -0.2) is 31.5 Å². The van der Waals surface area contributed by atoms with E-state index >= 15 is 0 Å². The van der Waals surface area contributed by atoms with Crippen LogP contribution in [0.3, 0.4) is 0 Å². The topological polar surface area (TPSA) is 57.7 Å². The Morgan fingerprint density at radius 2 is 1.71 bits per heavy atom. The number of nitrogens with zero attached hydrogens (tertiary/aromatic N) is 2. The van der Waals surface area contributed by atoms with E-state index in [4.69, 9.17) is 0 Å². The Kier molecular flexibility index (Phi) is 6.97. The third-order valence-electron chi connectivity index (χ3n) is 6.02. The Labute approximate surface area is 198 Å². The van der Waals surface area contributed by atoms with Crippen LogP contribution in [-0.2, 0) is 16.6 Å². The number of amides is 1. The molecule has 1 saturated heterocycles. The molecular weight excluding hydrogens is 458 g/mol. The van der Waals surface area contributed by atoms with Crippen LogP contribution in [0.5, 0.6) is 0 Å². The molecule has 178 valence electrons. The Balaban J connectivity index is 1.67. The number of benzene rings is 3. The van der Waals surface area contributed by atoms with Gasteiger partial charge in [-0.25, -0.2) is 17.2 Å². The van der Waals surface area contributed by atoms with Crippen LogP contribution < -0.4 is 4.31 Å². The second-order valence-electron chi connectivity index (χ2n) is 8.33. The van der Waals surface area contributed by atoms with Crippen molar-refractivity contribution in [2.45, 2.75) is 32.4 Å². The van der Waals surface area contributed by atoms with Gasteiger partial charge in [0.05, 0.1) is 17.5 Å². The summed E-state index contributed by atoms with van der Waals surface area (Å²) < 4.78 is 53.2. The highest BCUT2D eigenvalue weighted by Crippen LogP contribution is 2.30. The van der Waals surface area contributed by atoms with E-state index in [0.29, 0.717) is 36.2 Å². The minimum absolute atomic E-state index is 0.116. The van der Waals surface area contributed by atoms with Gasteiger partial charge in [-0.3, -0.25) is 9.10 Å². The molecule has 1 amide bonds. The predicted molar refractivity (Wildman–Crippen MR) is 128 cm³/mol. The van der Waals surface area contributed by atoms with Gasteiger partial charge in [0, 0.05) is 18.7 Å². The lowest BCUT2D eigenvalue weighted by Gasteiger charge is -2.32. The SMILES string of the molecule is CCC(c1ccc(F)cc1)N(Cc1cccc(F)c1)C(=O)c1ccc(N2CCCS2(=O)=O)cc1. The number of hydrogen-bond donors (Lipinski definition) is 0. The van der Waals surface area contributed by atoms with Crippen molar-refractivity contribution in [2.75, 3.05) is 16.6 Å². The van der Waals surface area contributed by atoms with E-state index in [0.717, 1.165) is 5.56 Å². The van der Waals surface area contributed by atoms with Crippen LogP contribution in [0.2, 0.25) is 0 Å². The lowest BCUT2D eigenvalue weighted by atomic mass is 10.00. The number of rotatable bonds is 7. The molecule has 5 nitrogen and oxygen atoms in total. The molecule has 1 atom stereocenters. The molecule has 1 aliphatic rings. The average molecular weight is 485 g/mol. The van der Waals surface area contributed by atoms with Crippen molar-refractivity contribution >= 4 is 21.6 Å². The van der Waals surface area contributed by atoms with Crippen LogP contribution in [0, 0.1) is 11.6 Å². The van der Waals surface area contributed by atoms with Crippen LogP contribution in [0.4, 0.5) is 14.5 Å². The van der Waals surface area contributed by atoms with E-state index in [1.54, 1.807) is 53.4 Å². The van der Waals surface area contributed by atoms with E-state index in [-0.39, 0.29) is 30.1 Å². The predicted octanol–water partition coefficient (Wildman–Crippen LogP) is 5.30. The molecule has 3 aromatic carbocycles. The Morgan fingerprint density at radius 1 is 1.00 bits per heavy atom. The first-order chi connectivity index (χ1) is 16.3. The maximum Gasteiger partial charge on any atom is 0.254 e. The first-order valence-electron chi connectivity index (χ1n) is 11.2. The first-order valence-corrected chi connectivity index (χ1v) is 12.8. The number of sulfonamides is 1. The molecule has 1 heterocycles. The first kappa shape index (κ1) is 23.9. The fourth-order valence-corrected chi connectivity index (χ4v) is 5.91. The summed E-state index contributed by atoms with van der Waals surface area (Å²) in [4.78, 5) is 15.3. The third-order valence-corrected chi connectivity index (χ3v) is 7.89. The molecule has 1 fully saturated rings. The summed E-state index contributed by atoms with van der Waals surface area (Å²) in [7, 11) is -3.32. The molecule has 8 heteroatoms. The number of halogens is 2. The van der Waals surface area contributed by atoms with Crippen molar-refractivity contribution in [3.8, 4) is 0 Å². The summed E-state index contributed by atoms with van der Waals surface area (Å²) >= 11 is 0. The zero-order valence-electron chi connectivity index (χ0n) is 18.8. The fourth-order valence-electron chi connectivity index (χ4n) is 4.34. The van der Waals surface area contributed by atoms with Crippen LogP contribution in [0.15, 0.2) is 72.8 Å². The van der Waals surface area contributed by atoms with Gasteiger partial charge in [-0.15, -0.1) is 0 Å². The molecule has 0 spiro atoms. The maximum atomic E-state index is 13.8. The summed E-state index contributed by atoms with van der Waals surface area (Å²) in [6.45, 7) is 2.51. The van der Waals surface area contributed by atoms with E-state index in [1.807, 2.05) is 6.92 Å². The zero-order chi connectivity index (χ0) is 24.3. The van der Waals surface area contributed by atoms with Gasteiger partial charge >= 0.3 is 0 Å². The normalized spacial score (nSPS) is 15.8. The second kappa shape index (κ2) is 9.93. The zero-order valence-corrected chi connectivity index (χ0v) is 19.6. The van der Waals surface area contributed by atoms with Crippen molar-refractivity contribution in [3.05, 3.63) is 101 Å². The van der Waals surface area contributed by atoms with Gasteiger partial charge in [0.15, 0.2) is 0 Å². The molecule has 34 heavy (non-hydrogen) atoms. The van der Waals surface area contributed by atoms with Crippen LogP contribution in [0.25, 0.3) is 0 Å². The minimum atomic E-state index is -3.32. The van der Waals surface area contributed by atoms with Gasteiger partial charge in [0.25, 0.3) is 5.91 Å². The van der Waals surface area contributed by atoms with Gasteiger partial charge in [-0.2, -0.15) is 0 Å². The number of anilines is 1. The largest absolute Gasteiger partial charge is 0.327 e. The van der Waals surface area contributed by atoms with Gasteiger partial charge in [0.2, 0.25) is 10.0 Å². The molecule has 0 radical (unpaired) electrons. The molecule has 0 N–H and O–H groups in total. The van der Waals surface area contributed by atoms with Gasteiger partial charge in [-0.1, -0.05) is 31.2 Å². The molecule has 1 aliphatic heterocycles. The lowest BCUT2D eigenvalue weighted by molar-refractivity contribution is 0.0652. The standard InChI is InChI=1S/C26H26F2N2O3S/c1-2-25(20-7-11-22(27)12-8-20)29(18-19-5-3-6-23(28)17-19)26(31)21-9-13-24(14-10-21)30-15-4-16-34(30,32)33/h3,5-14,17,25H,2,4,15-16,18H2,1H3. The van der Waals surface area contributed by atoms with Crippen molar-refractivity contribution < 1.29 is 22.0 Å². The Hall–Kier alpha value is -3.26. The molecule has 0 bridgehead atoms. The fraction of sp³-hybridized carbons (Fsp3) is 0.269. The number of carbonyl (C=O) groups excluding carboxylic acids is 1. The quantitative estimate of drug-likeness (QED) is 0.457. The molecular formula is C26H26F2N2O3S. The number of carbonyl (C=O) groups is 1. The van der Waals surface area contributed by atoms with Crippen molar-refractivity contribution in [1.29, 1.82) is 0 Å². The summed E-state index contributed by atoms with van der Waals surface area (Å²) in [5, 5.41) is 0. The van der Waals surface area contributed by atoms with E-state index in [1.165, 1.54) is 28.6 Å². The molecule has 3 aromatic rings. The van der Waals surface area contributed by atoms with Gasteiger partial charge < -0.3 is 4.90 Å². The van der Waals surface area contributed by atoms with E-state index < -0.39 is 15.8 Å². The summed E-state index contributed by atoms with van der Waals surface area (Å²) in [6.07, 6.45) is 1.14. The highest BCUT2D eigenvalue weighted by molar-refractivity contribution is 7.93. The molecule has 0 aromatic heterocycles. The monoisotopic (exact) mass is 484 g/mol. The summed E-state index contributed by atoms with van der Waals surface area (Å²) in [5.41, 5.74) is 2.32. The molecule has 1 unspecified atom stereocenters. The van der Waals surface area contributed by atoms with Crippen molar-refractivity contribution in [2.24, 2.45) is 0 Å². The third kappa shape index (κ3) is 5.12. The molecule has 4 rings (SSSR count). The Morgan fingerprint density at radius 3 is 2.29 bits per heavy atom. The van der Waals surface area contributed by atoms with Gasteiger partial charge in [-0.05, 0) is 72.5 Å². The molecule has 0 saturated carbocycles. The highest BCUT2D eigenvalue weighted by Gasteiger charge is 2.29. The van der Waals surface area contributed by atoms with Crippen molar-refractivity contribution in [3.63, 3.8) is 0 Å². The smallest absolute Gasteiger partial charge is 0.254 e.